The molecule has 1 unspecified atom stereocenters. The molecule has 1 aliphatic heterocycles. The van der Waals surface area contributed by atoms with Crippen molar-refractivity contribution in [3.8, 4) is 5.75 Å². The predicted octanol–water partition coefficient (Wildman–Crippen LogP) is 2.07. The lowest BCUT2D eigenvalue weighted by Crippen LogP contribution is -2.49. The van der Waals surface area contributed by atoms with Crippen LogP contribution >= 0.6 is 0 Å². The Hall–Kier alpha value is -2.15. The molecule has 1 spiro atoms. The van der Waals surface area contributed by atoms with E-state index >= 15 is 0 Å². The molecule has 2 fully saturated rings. The molecule has 7 heteroatoms. The van der Waals surface area contributed by atoms with Crippen LogP contribution in [-0.2, 0) is 4.79 Å². The van der Waals surface area contributed by atoms with Gasteiger partial charge in [-0.25, -0.2) is 9.18 Å². The van der Waals surface area contributed by atoms with Crippen LogP contribution < -0.4 is 10.1 Å². The van der Waals surface area contributed by atoms with E-state index in [0.29, 0.717) is 18.8 Å². The number of nitrogens with one attached hydrogen (secondary N) is 1. The van der Waals surface area contributed by atoms with Crippen LogP contribution in [0.5, 0.6) is 5.75 Å². The maximum atomic E-state index is 13.5. The van der Waals surface area contributed by atoms with Crippen molar-refractivity contribution in [2.45, 2.75) is 44.2 Å². The van der Waals surface area contributed by atoms with Gasteiger partial charge in [0.05, 0.1) is 6.54 Å². The van der Waals surface area contributed by atoms with Crippen LogP contribution in [0.15, 0.2) is 24.3 Å². The minimum atomic E-state index is -1.09. The van der Waals surface area contributed by atoms with Gasteiger partial charge in [0.15, 0.2) is 11.6 Å². The van der Waals surface area contributed by atoms with E-state index in [0.717, 1.165) is 17.7 Å². The van der Waals surface area contributed by atoms with Gasteiger partial charge in [0.1, 0.15) is 18.2 Å². The molecule has 0 aromatic heterocycles. The van der Waals surface area contributed by atoms with Crippen LogP contribution in [0.3, 0.4) is 0 Å². The summed E-state index contributed by atoms with van der Waals surface area (Å²) in [5.41, 5.74) is -0.824. The van der Waals surface area contributed by atoms with Crippen LogP contribution in [0.4, 0.5) is 9.18 Å². The number of amides is 3. The summed E-state index contributed by atoms with van der Waals surface area (Å²) in [4.78, 5) is 25.9. The van der Waals surface area contributed by atoms with Gasteiger partial charge in [0.2, 0.25) is 0 Å². The van der Waals surface area contributed by atoms with Crippen molar-refractivity contribution in [1.82, 2.24) is 10.2 Å². The summed E-state index contributed by atoms with van der Waals surface area (Å²) in [6.07, 6.45) is 1.93. The molecule has 1 saturated heterocycles. The molecule has 0 radical (unpaired) electrons. The quantitative estimate of drug-likeness (QED) is 0.797. The first-order valence-electron chi connectivity index (χ1n) is 8.61. The van der Waals surface area contributed by atoms with Crippen molar-refractivity contribution >= 4 is 11.9 Å². The van der Waals surface area contributed by atoms with Gasteiger partial charge in [0, 0.05) is 0 Å². The molecule has 3 rings (SSSR count). The summed E-state index contributed by atoms with van der Waals surface area (Å²) < 4.78 is 18.7. The van der Waals surface area contributed by atoms with Gasteiger partial charge in [-0.2, -0.15) is 0 Å². The third kappa shape index (κ3) is 3.61. The van der Waals surface area contributed by atoms with Crippen molar-refractivity contribution in [3.63, 3.8) is 0 Å². The number of halogens is 1. The molecule has 1 aromatic rings. The van der Waals surface area contributed by atoms with Gasteiger partial charge in [-0.1, -0.05) is 19.1 Å². The molecule has 1 heterocycles. The van der Waals surface area contributed by atoms with Gasteiger partial charge in [-0.15, -0.1) is 0 Å². The number of carbonyl (C=O) groups is 2. The third-order valence-corrected chi connectivity index (χ3v) is 5.03. The summed E-state index contributed by atoms with van der Waals surface area (Å²) in [5.74, 6) is -0.241. The van der Waals surface area contributed by atoms with Crippen LogP contribution in [0.1, 0.15) is 32.6 Å². The fraction of sp³-hybridized carbons (Fsp3) is 0.556. The molecule has 0 bridgehead atoms. The molecule has 1 atom stereocenters. The topological polar surface area (TPSA) is 78.9 Å². The van der Waals surface area contributed by atoms with Gasteiger partial charge >= 0.3 is 6.03 Å². The number of hydrogen-bond donors (Lipinski definition) is 2. The fourth-order valence-corrected chi connectivity index (χ4v) is 3.45. The Morgan fingerprint density at radius 2 is 2.04 bits per heavy atom. The Kier molecular flexibility index (Phi) is 4.94. The third-order valence-electron chi connectivity index (χ3n) is 5.03. The number of urea groups is 1. The number of benzene rings is 1. The maximum Gasteiger partial charge on any atom is 0.325 e. The highest BCUT2D eigenvalue weighted by molar-refractivity contribution is 6.07. The van der Waals surface area contributed by atoms with Gasteiger partial charge in [-0.3, -0.25) is 9.69 Å². The lowest BCUT2D eigenvalue weighted by Gasteiger charge is -2.33. The minimum Gasteiger partial charge on any atom is -0.488 e. The number of aliphatic hydroxyl groups excluding tert-OH is 1. The number of para-hydroxylation sites is 1. The summed E-state index contributed by atoms with van der Waals surface area (Å²) in [6, 6.07) is 5.39. The molecule has 3 amide bonds. The number of imide groups is 1. The van der Waals surface area contributed by atoms with E-state index < -0.39 is 23.5 Å². The van der Waals surface area contributed by atoms with Crippen molar-refractivity contribution < 1.29 is 23.8 Å². The lowest BCUT2D eigenvalue weighted by molar-refractivity contribution is -0.133. The van der Waals surface area contributed by atoms with Crippen molar-refractivity contribution in [2.75, 3.05) is 13.2 Å². The predicted molar refractivity (Wildman–Crippen MR) is 88.5 cm³/mol. The second-order valence-electron chi connectivity index (χ2n) is 7.01. The summed E-state index contributed by atoms with van der Waals surface area (Å²) >= 11 is 0. The highest BCUT2D eigenvalue weighted by Crippen LogP contribution is 2.36. The van der Waals surface area contributed by atoms with E-state index in [-0.39, 0.29) is 24.8 Å². The molecule has 136 valence electrons. The van der Waals surface area contributed by atoms with E-state index in [4.69, 9.17) is 4.74 Å². The van der Waals surface area contributed by atoms with Crippen LogP contribution in [-0.4, -0.2) is 46.7 Å². The minimum absolute atomic E-state index is 0.0245. The van der Waals surface area contributed by atoms with Crippen molar-refractivity contribution in [3.05, 3.63) is 30.1 Å². The number of carbonyl (C=O) groups excluding carboxylic acids is 2. The second kappa shape index (κ2) is 7.00. The Balaban J connectivity index is 1.58. The Morgan fingerprint density at radius 1 is 1.36 bits per heavy atom. The van der Waals surface area contributed by atoms with Crippen molar-refractivity contribution in [1.29, 1.82) is 0 Å². The first-order valence-corrected chi connectivity index (χ1v) is 8.61. The zero-order valence-electron chi connectivity index (χ0n) is 14.2. The van der Waals surface area contributed by atoms with E-state index in [1.807, 2.05) is 0 Å². The number of β-amino-alcohol motifs (C(OH)–C–C–N with tert-alkyl or cyclic N) is 1. The zero-order chi connectivity index (χ0) is 18.0. The van der Waals surface area contributed by atoms with Crippen LogP contribution in [0, 0.1) is 11.7 Å². The van der Waals surface area contributed by atoms with E-state index in [2.05, 4.69) is 12.2 Å². The molecule has 1 aromatic carbocycles. The number of rotatable bonds is 5. The highest BCUT2D eigenvalue weighted by Gasteiger charge is 2.52. The molecule has 2 N–H and O–H groups in total. The van der Waals surface area contributed by atoms with E-state index in [1.165, 1.54) is 18.2 Å². The number of nitrogens with zero attached hydrogens (tertiary/aromatic N) is 1. The fourth-order valence-electron chi connectivity index (χ4n) is 3.45. The average Bonchev–Trinajstić information content (AvgIpc) is 2.81. The number of hydrogen-bond acceptors (Lipinski definition) is 4. The smallest absolute Gasteiger partial charge is 0.325 e. The first-order chi connectivity index (χ1) is 11.9. The first kappa shape index (κ1) is 17.7. The monoisotopic (exact) mass is 350 g/mol. The SMILES string of the molecule is CC1CCC2(CC1)NC(=O)N(CC(O)COc1ccccc1F)C2=O. The number of aliphatic hydroxyl groups is 1. The zero-order valence-corrected chi connectivity index (χ0v) is 14.2. The van der Waals surface area contributed by atoms with Crippen LogP contribution in [0.2, 0.25) is 0 Å². The molecule has 1 saturated carbocycles. The molecular weight excluding hydrogens is 327 g/mol. The molecular formula is C18H23FN2O4. The molecule has 1 aliphatic carbocycles. The summed E-state index contributed by atoms with van der Waals surface area (Å²) in [5, 5.41) is 12.9. The van der Waals surface area contributed by atoms with E-state index in [9.17, 15) is 19.1 Å². The average molecular weight is 350 g/mol. The normalized spacial score (nSPS) is 27.5. The lowest BCUT2D eigenvalue weighted by atomic mass is 9.77. The van der Waals surface area contributed by atoms with Gasteiger partial charge < -0.3 is 15.2 Å². The van der Waals surface area contributed by atoms with Gasteiger partial charge in [0.25, 0.3) is 5.91 Å². The Morgan fingerprint density at radius 3 is 2.72 bits per heavy atom. The standard InChI is InChI=1S/C18H23FN2O4/c1-12-6-8-18(9-7-12)16(23)21(17(24)20-18)10-13(22)11-25-15-5-3-2-4-14(15)19/h2-5,12-13,22H,6-11H2,1H3,(H,20,24). The highest BCUT2D eigenvalue weighted by atomic mass is 19.1. The largest absolute Gasteiger partial charge is 0.488 e. The second-order valence-corrected chi connectivity index (χ2v) is 7.01. The summed E-state index contributed by atoms with van der Waals surface area (Å²) in [6.45, 7) is 1.76. The maximum absolute atomic E-state index is 13.5. The molecule has 2 aliphatic rings. The Bertz CT molecular complexity index is 658. The Labute approximate surface area is 146 Å². The van der Waals surface area contributed by atoms with E-state index in [1.54, 1.807) is 6.07 Å². The van der Waals surface area contributed by atoms with Crippen LogP contribution in [0.25, 0.3) is 0 Å². The van der Waals surface area contributed by atoms with Crippen molar-refractivity contribution in [2.24, 2.45) is 5.92 Å². The summed E-state index contributed by atoms with van der Waals surface area (Å²) in [7, 11) is 0. The molecule has 25 heavy (non-hydrogen) atoms. The molecule has 6 nitrogen and oxygen atoms in total. The number of ether oxygens (including phenoxy) is 1. The van der Waals surface area contributed by atoms with Gasteiger partial charge in [-0.05, 0) is 43.7 Å².